The van der Waals surface area contributed by atoms with Gasteiger partial charge in [-0.2, -0.15) is 10.2 Å². The number of anilines is 1. The zero-order valence-electron chi connectivity index (χ0n) is 28.0. The molecular weight excluding hydrogens is 641 g/mol. The van der Waals surface area contributed by atoms with Crippen molar-refractivity contribution in [1.29, 1.82) is 0 Å². The van der Waals surface area contributed by atoms with Crippen LogP contribution >= 0.6 is 7.75 Å². The van der Waals surface area contributed by atoms with Crippen LogP contribution in [0, 0.1) is 5.92 Å². The molecule has 1 aromatic carbocycles. The first-order valence-corrected chi connectivity index (χ1v) is 18.3. The van der Waals surface area contributed by atoms with E-state index in [1.807, 2.05) is 13.8 Å². The van der Waals surface area contributed by atoms with E-state index in [1.54, 1.807) is 43.3 Å². The normalized spacial score (nSPS) is 25.2. The van der Waals surface area contributed by atoms with E-state index in [0.29, 0.717) is 17.0 Å². The molecule has 14 nitrogen and oxygen atoms in total. The molecule has 5 rings (SSSR count). The fraction of sp³-hybridized carbons (Fsp3) is 0.606. The van der Waals surface area contributed by atoms with Crippen LogP contribution in [0.2, 0.25) is 0 Å². The minimum Gasteiger partial charge on any atom is -0.490 e. The molecule has 3 aromatic rings. The number of hydrogen-bond acceptors (Lipinski definition) is 12. The number of fused-ring (bicyclic) bond motifs is 1. The second kappa shape index (κ2) is 15.5. The molecule has 1 saturated carbocycles. The molecule has 2 fully saturated rings. The summed E-state index contributed by atoms with van der Waals surface area (Å²) in [6, 6.07) is 8.96. The van der Waals surface area contributed by atoms with Crippen LogP contribution in [-0.2, 0) is 29.0 Å². The molecule has 2 aliphatic rings. The Morgan fingerprint density at radius 1 is 1.12 bits per heavy atom. The third kappa shape index (κ3) is 8.12. The second-order valence-corrected chi connectivity index (χ2v) is 14.5. The maximum Gasteiger partial charge on any atom is 0.459 e. The Balaban J connectivity index is 1.31. The van der Waals surface area contributed by atoms with E-state index in [9.17, 15) is 19.6 Å². The highest BCUT2D eigenvalue weighted by molar-refractivity contribution is 7.52. The fourth-order valence-electron chi connectivity index (χ4n) is 6.15. The number of aromatic nitrogens is 3. The molecule has 1 aliphatic carbocycles. The average Bonchev–Trinajstić information content (AvgIpc) is 3.62. The van der Waals surface area contributed by atoms with Gasteiger partial charge in [0.05, 0.1) is 25.0 Å². The van der Waals surface area contributed by atoms with Crippen LogP contribution in [-0.4, -0.2) is 74.5 Å². The number of nitrogens with one attached hydrogen (secondary N) is 1. The van der Waals surface area contributed by atoms with Crippen LogP contribution < -0.4 is 20.1 Å². The van der Waals surface area contributed by atoms with Crippen molar-refractivity contribution < 1.29 is 42.8 Å². The maximum absolute atomic E-state index is 14.3. The Hall–Kier alpha value is -3.26. The lowest BCUT2D eigenvalue weighted by Gasteiger charge is -2.27. The van der Waals surface area contributed by atoms with Gasteiger partial charge in [0.25, 0.3) is 0 Å². The SMILES string of the molecule is CCC(CC)COC(=O)[C@H](C)NP(=O)(OC[C@H]1O[C@@](C)(c2ccc3c(N)ncnn23)[C@H](O)[C@@H]1O)Oc1ccc(OC2CCCCC2)cc1. The third-order valence-electron chi connectivity index (χ3n) is 9.29. The van der Waals surface area contributed by atoms with Crippen molar-refractivity contribution in [3.8, 4) is 11.5 Å². The Morgan fingerprint density at radius 3 is 2.50 bits per heavy atom. The standard InChI is InChI=1S/C33H48N5O9P/c1-5-22(6-2)18-43-32(41)21(3)37-48(42,47-25-14-12-24(13-15-25)45-23-10-8-7-9-11-23)44-19-27-29(39)30(40)33(4,46-27)28-17-16-26-31(34)35-20-36-38(26)28/h12-17,20-23,27,29-30,39-40H,5-11,18-19H2,1-4H3,(H,37,42)(H2,34,35,36)/t21-,27+,29+,30+,33-,48?/m0/s1. The lowest BCUT2D eigenvalue weighted by atomic mass is 9.93. The molecule has 0 bridgehead atoms. The highest BCUT2D eigenvalue weighted by Gasteiger charge is 2.54. The fourth-order valence-corrected chi connectivity index (χ4v) is 7.65. The summed E-state index contributed by atoms with van der Waals surface area (Å²) in [5, 5.41) is 29.1. The maximum atomic E-state index is 14.3. The topological polar surface area (TPSA) is 189 Å². The minimum atomic E-state index is -4.32. The van der Waals surface area contributed by atoms with Crippen LogP contribution in [0.25, 0.3) is 5.52 Å². The zero-order valence-corrected chi connectivity index (χ0v) is 28.9. The average molecular weight is 690 g/mol. The first-order valence-electron chi connectivity index (χ1n) is 16.7. The number of nitrogens with two attached hydrogens (primary N) is 1. The van der Waals surface area contributed by atoms with E-state index in [-0.39, 0.29) is 30.2 Å². The highest BCUT2D eigenvalue weighted by atomic mass is 31.2. The van der Waals surface area contributed by atoms with Crippen molar-refractivity contribution in [1.82, 2.24) is 19.7 Å². The lowest BCUT2D eigenvalue weighted by Crippen LogP contribution is -2.40. The molecule has 5 N–H and O–H groups in total. The summed E-state index contributed by atoms with van der Waals surface area (Å²) in [5.41, 5.74) is 5.46. The first kappa shape index (κ1) is 36.0. The molecule has 15 heteroatoms. The van der Waals surface area contributed by atoms with Crippen molar-refractivity contribution in [2.45, 2.75) is 109 Å². The Bertz CT molecular complexity index is 1560. The predicted molar refractivity (Wildman–Crippen MR) is 177 cm³/mol. The number of nitrogen functional groups attached to an aromatic ring is 1. The van der Waals surface area contributed by atoms with Crippen molar-refractivity contribution >= 4 is 25.1 Å². The van der Waals surface area contributed by atoms with Gasteiger partial charge in [-0.1, -0.05) is 33.1 Å². The molecule has 264 valence electrons. The van der Waals surface area contributed by atoms with Gasteiger partial charge in [0.2, 0.25) is 0 Å². The Kier molecular flexibility index (Phi) is 11.7. The quantitative estimate of drug-likeness (QED) is 0.129. The number of nitrogens with zero attached hydrogens (tertiary/aromatic N) is 3. The van der Waals surface area contributed by atoms with E-state index in [0.717, 1.165) is 38.5 Å². The van der Waals surface area contributed by atoms with Crippen LogP contribution in [0.1, 0.15) is 78.3 Å². The van der Waals surface area contributed by atoms with Gasteiger partial charge in [-0.05, 0) is 81.8 Å². The van der Waals surface area contributed by atoms with Crippen molar-refractivity contribution in [3.05, 3.63) is 48.4 Å². The summed E-state index contributed by atoms with van der Waals surface area (Å²) >= 11 is 0. The number of rotatable bonds is 15. The summed E-state index contributed by atoms with van der Waals surface area (Å²) in [4.78, 5) is 16.9. The second-order valence-electron chi connectivity index (χ2n) is 12.8. The van der Waals surface area contributed by atoms with Crippen LogP contribution in [0.3, 0.4) is 0 Å². The van der Waals surface area contributed by atoms with Crippen molar-refractivity contribution in [2.24, 2.45) is 5.92 Å². The number of ether oxygens (including phenoxy) is 3. The first-order chi connectivity index (χ1) is 23.0. The molecule has 1 aliphatic heterocycles. The number of carbonyl (C=O) groups is 1. The molecule has 3 heterocycles. The van der Waals surface area contributed by atoms with Gasteiger partial charge in [-0.25, -0.2) is 14.1 Å². The van der Waals surface area contributed by atoms with Crippen LogP contribution in [0.4, 0.5) is 5.82 Å². The van der Waals surface area contributed by atoms with Gasteiger partial charge in [0, 0.05) is 0 Å². The summed E-state index contributed by atoms with van der Waals surface area (Å²) in [6.07, 6.45) is 4.63. The molecule has 0 amide bonds. The lowest BCUT2D eigenvalue weighted by molar-refractivity contribution is -0.146. The number of esters is 1. The molecule has 1 saturated heterocycles. The number of aliphatic hydroxyl groups is 2. The van der Waals surface area contributed by atoms with Gasteiger partial charge in [0.15, 0.2) is 5.82 Å². The molecule has 2 aromatic heterocycles. The van der Waals surface area contributed by atoms with Gasteiger partial charge in [0.1, 0.15) is 53.3 Å². The molecule has 48 heavy (non-hydrogen) atoms. The Morgan fingerprint density at radius 2 is 1.81 bits per heavy atom. The van der Waals surface area contributed by atoms with E-state index in [2.05, 4.69) is 15.2 Å². The molecule has 6 atom stereocenters. The molecule has 1 unspecified atom stereocenters. The largest absolute Gasteiger partial charge is 0.490 e. The number of benzene rings is 1. The number of aliphatic hydroxyl groups excluding tert-OH is 2. The molecular formula is C33H48N5O9P. The number of carbonyl (C=O) groups excluding carboxylic acids is 1. The van der Waals surface area contributed by atoms with Gasteiger partial charge in [-0.15, -0.1) is 0 Å². The van der Waals surface area contributed by atoms with E-state index in [4.69, 9.17) is 29.0 Å². The van der Waals surface area contributed by atoms with Crippen LogP contribution in [0.15, 0.2) is 42.7 Å². The minimum absolute atomic E-state index is 0.155. The van der Waals surface area contributed by atoms with E-state index >= 15 is 0 Å². The van der Waals surface area contributed by atoms with Gasteiger partial charge < -0.3 is 34.7 Å². The highest BCUT2D eigenvalue weighted by Crippen LogP contribution is 2.47. The monoisotopic (exact) mass is 689 g/mol. The third-order valence-corrected chi connectivity index (χ3v) is 10.9. The summed E-state index contributed by atoms with van der Waals surface area (Å²) < 4.78 is 45.2. The van der Waals surface area contributed by atoms with Crippen molar-refractivity contribution in [3.63, 3.8) is 0 Å². The summed E-state index contributed by atoms with van der Waals surface area (Å²) in [5.74, 6) is 0.688. The number of hydrogen-bond donors (Lipinski definition) is 4. The summed E-state index contributed by atoms with van der Waals surface area (Å²) in [7, 11) is -4.32. The van der Waals surface area contributed by atoms with Crippen molar-refractivity contribution in [2.75, 3.05) is 18.9 Å². The zero-order chi connectivity index (χ0) is 34.5. The van der Waals surface area contributed by atoms with Gasteiger partial charge in [-0.3, -0.25) is 9.32 Å². The molecule has 0 spiro atoms. The Labute approximate surface area is 280 Å². The van der Waals surface area contributed by atoms with Crippen LogP contribution in [0.5, 0.6) is 11.5 Å². The van der Waals surface area contributed by atoms with E-state index in [1.165, 1.54) is 24.2 Å². The van der Waals surface area contributed by atoms with Gasteiger partial charge >= 0.3 is 13.7 Å². The van der Waals surface area contributed by atoms with E-state index < -0.39 is 50.3 Å². The molecule has 0 radical (unpaired) electrons. The smallest absolute Gasteiger partial charge is 0.459 e. The predicted octanol–water partition coefficient (Wildman–Crippen LogP) is 4.52. The summed E-state index contributed by atoms with van der Waals surface area (Å²) in [6.45, 7) is 6.92.